The summed E-state index contributed by atoms with van der Waals surface area (Å²) in [7, 11) is 0. The molecule has 35 heavy (non-hydrogen) atoms. The number of fused-ring (bicyclic) bond motifs is 1. The highest BCUT2D eigenvalue weighted by Crippen LogP contribution is 2.41. The first-order valence-electron chi connectivity index (χ1n) is 10.6. The molecule has 4 aromatic rings. The minimum atomic E-state index is -4.92. The number of carbonyl (C=O) groups is 1. The van der Waals surface area contributed by atoms with Crippen LogP contribution in [0.25, 0.3) is 22.0 Å². The Kier molecular flexibility index (Phi) is 6.24. The molecule has 1 aromatic carbocycles. The molecule has 0 aliphatic carbocycles. The van der Waals surface area contributed by atoms with Gasteiger partial charge in [-0.25, -0.2) is 14.6 Å². The number of aliphatic hydroxyl groups is 1. The van der Waals surface area contributed by atoms with Crippen LogP contribution in [0.2, 0.25) is 0 Å². The lowest BCUT2D eigenvalue weighted by Crippen LogP contribution is -2.42. The SMILES string of the molecule is CCC[C@](O)(c1cn(Cc2ccc3c(-c4cccnc4F)cc(C(N)=O)nc3c2)nn1)C(F)(F)F. The van der Waals surface area contributed by atoms with Crippen LogP contribution in [0.4, 0.5) is 17.6 Å². The second-order valence-electron chi connectivity index (χ2n) is 8.02. The summed E-state index contributed by atoms with van der Waals surface area (Å²) in [6.45, 7) is 1.53. The molecular formula is C23H20F4N6O2. The third-order valence-electron chi connectivity index (χ3n) is 5.56. The molecule has 0 aliphatic heterocycles. The van der Waals surface area contributed by atoms with Gasteiger partial charge in [0.2, 0.25) is 11.5 Å². The van der Waals surface area contributed by atoms with Crippen molar-refractivity contribution in [1.82, 2.24) is 25.0 Å². The number of amides is 1. The van der Waals surface area contributed by atoms with Crippen LogP contribution in [-0.4, -0.2) is 42.2 Å². The van der Waals surface area contributed by atoms with Gasteiger partial charge in [0.15, 0.2) is 0 Å². The highest BCUT2D eigenvalue weighted by atomic mass is 19.4. The molecule has 0 saturated carbocycles. The number of pyridine rings is 2. The fourth-order valence-corrected chi connectivity index (χ4v) is 3.84. The van der Waals surface area contributed by atoms with E-state index in [0.29, 0.717) is 22.0 Å². The van der Waals surface area contributed by atoms with Gasteiger partial charge in [-0.05, 0) is 41.8 Å². The molecule has 8 nitrogen and oxygen atoms in total. The van der Waals surface area contributed by atoms with Crippen molar-refractivity contribution >= 4 is 16.8 Å². The standard InChI is InChI=1S/C23H20F4N6O2/c1-2-7-22(35,23(25,26)27)19-12-33(32-31-19)11-13-5-6-14-16(15-4-3-8-29-20(15)24)10-18(21(28)34)30-17(14)9-13/h3-6,8-10,12,35H,2,7,11H2,1H3,(H2,28,34)/t22-/m0/s1. The molecule has 12 heteroatoms. The van der Waals surface area contributed by atoms with Crippen LogP contribution in [0, 0.1) is 5.95 Å². The van der Waals surface area contributed by atoms with Crippen LogP contribution in [0.1, 0.15) is 41.5 Å². The molecule has 1 amide bonds. The Morgan fingerprint density at radius 3 is 2.60 bits per heavy atom. The van der Waals surface area contributed by atoms with Crippen LogP contribution in [0.15, 0.2) is 48.8 Å². The van der Waals surface area contributed by atoms with E-state index in [1.54, 1.807) is 24.3 Å². The number of rotatable bonds is 7. The molecule has 0 saturated heterocycles. The Morgan fingerprint density at radius 1 is 1.17 bits per heavy atom. The van der Waals surface area contributed by atoms with Crippen molar-refractivity contribution in [2.24, 2.45) is 5.73 Å². The van der Waals surface area contributed by atoms with Crippen molar-refractivity contribution in [3.8, 4) is 11.1 Å². The molecule has 182 valence electrons. The largest absolute Gasteiger partial charge is 0.423 e. The number of primary amides is 1. The summed E-state index contributed by atoms with van der Waals surface area (Å²) in [5.41, 5.74) is 2.99. The Balaban J connectivity index is 1.74. The lowest BCUT2D eigenvalue weighted by Gasteiger charge is -2.27. The highest BCUT2D eigenvalue weighted by Gasteiger charge is 2.56. The van der Waals surface area contributed by atoms with E-state index in [0.717, 1.165) is 10.9 Å². The normalized spacial score (nSPS) is 13.7. The van der Waals surface area contributed by atoms with Crippen LogP contribution in [-0.2, 0) is 12.1 Å². The molecule has 0 fully saturated rings. The van der Waals surface area contributed by atoms with E-state index < -0.39 is 35.7 Å². The molecular weight excluding hydrogens is 468 g/mol. The number of nitrogens with zero attached hydrogens (tertiary/aromatic N) is 5. The van der Waals surface area contributed by atoms with Gasteiger partial charge >= 0.3 is 6.18 Å². The molecule has 3 N–H and O–H groups in total. The van der Waals surface area contributed by atoms with Gasteiger partial charge in [0.25, 0.3) is 5.91 Å². The fourth-order valence-electron chi connectivity index (χ4n) is 3.84. The molecule has 0 spiro atoms. The predicted octanol–water partition coefficient (Wildman–Crippen LogP) is 3.72. The van der Waals surface area contributed by atoms with Crippen LogP contribution >= 0.6 is 0 Å². The second-order valence-corrected chi connectivity index (χ2v) is 8.02. The lowest BCUT2D eigenvalue weighted by atomic mass is 9.94. The molecule has 1 atom stereocenters. The minimum absolute atomic E-state index is 0.00205. The number of nitrogens with two attached hydrogens (primary N) is 1. The summed E-state index contributed by atoms with van der Waals surface area (Å²) in [6.07, 6.45) is -3.06. The van der Waals surface area contributed by atoms with E-state index in [9.17, 15) is 27.5 Å². The molecule has 4 rings (SSSR count). The maximum absolute atomic E-state index is 14.4. The molecule has 0 aliphatic rings. The van der Waals surface area contributed by atoms with E-state index >= 15 is 0 Å². The first kappa shape index (κ1) is 24.2. The zero-order valence-corrected chi connectivity index (χ0v) is 18.4. The summed E-state index contributed by atoms with van der Waals surface area (Å²) in [4.78, 5) is 19.7. The molecule has 0 bridgehead atoms. The number of benzene rings is 1. The van der Waals surface area contributed by atoms with Crippen molar-refractivity contribution in [3.05, 3.63) is 71.7 Å². The number of alkyl halides is 3. The third-order valence-corrected chi connectivity index (χ3v) is 5.56. The van der Waals surface area contributed by atoms with E-state index in [2.05, 4.69) is 20.3 Å². The van der Waals surface area contributed by atoms with Gasteiger partial charge in [0, 0.05) is 17.1 Å². The van der Waals surface area contributed by atoms with Gasteiger partial charge in [-0.3, -0.25) is 4.79 Å². The Morgan fingerprint density at radius 2 is 1.94 bits per heavy atom. The smallest absolute Gasteiger partial charge is 0.375 e. The van der Waals surface area contributed by atoms with Crippen LogP contribution < -0.4 is 5.73 Å². The lowest BCUT2D eigenvalue weighted by molar-refractivity contribution is -0.270. The van der Waals surface area contributed by atoms with E-state index in [-0.39, 0.29) is 24.2 Å². The number of halogens is 4. The van der Waals surface area contributed by atoms with Gasteiger partial charge in [-0.2, -0.15) is 17.6 Å². The zero-order valence-electron chi connectivity index (χ0n) is 18.4. The highest BCUT2D eigenvalue weighted by molar-refractivity contribution is 6.00. The number of aromatic nitrogens is 5. The minimum Gasteiger partial charge on any atom is -0.375 e. The quantitative estimate of drug-likeness (QED) is 0.302. The molecule has 3 heterocycles. The van der Waals surface area contributed by atoms with Gasteiger partial charge < -0.3 is 10.8 Å². The molecule has 3 aromatic heterocycles. The first-order chi connectivity index (χ1) is 16.5. The zero-order chi connectivity index (χ0) is 25.4. The van der Waals surface area contributed by atoms with Crippen molar-refractivity contribution in [3.63, 3.8) is 0 Å². The Labute approximate surface area is 196 Å². The van der Waals surface area contributed by atoms with E-state index in [4.69, 9.17) is 5.73 Å². The maximum atomic E-state index is 14.4. The van der Waals surface area contributed by atoms with Crippen LogP contribution in [0.3, 0.4) is 0 Å². The van der Waals surface area contributed by atoms with Gasteiger partial charge in [-0.1, -0.05) is 30.7 Å². The number of carbonyl (C=O) groups excluding carboxylic acids is 1. The van der Waals surface area contributed by atoms with Crippen molar-refractivity contribution < 1.29 is 27.5 Å². The second kappa shape index (κ2) is 9.02. The summed E-state index contributed by atoms with van der Waals surface area (Å²) < 4.78 is 56.0. The average Bonchev–Trinajstić information content (AvgIpc) is 3.27. The third kappa shape index (κ3) is 4.56. The topological polar surface area (TPSA) is 120 Å². The summed E-state index contributed by atoms with van der Waals surface area (Å²) in [5.74, 6) is -1.55. The maximum Gasteiger partial charge on any atom is 0.423 e. The van der Waals surface area contributed by atoms with Gasteiger partial charge in [-0.15, -0.1) is 5.10 Å². The average molecular weight is 488 g/mol. The van der Waals surface area contributed by atoms with Gasteiger partial charge in [0.1, 0.15) is 11.4 Å². The fraction of sp³-hybridized carbons (Fsp3) is 0.261. The number of hydrogen-bond acceptors (Lipinski definition) is 6. The Hall–Kier alpha value is -3.93. The number of hydrogen-bond donors (Lipinski definition) is 2. The predicted molar refractivity (Wildman–Crippen MR) is 117 cm³/mol. The van der Waals surface area contributed by atoms with E-state index in [1.165, 1.54) is 25.3 Å². The first-order valence-corrected chi connectivity index (χ1v) is 10.6. The molecule has 0 unspecified atom stereocenters. The summed E-state index contributed by atoms with van der Waals surface area (Å²) in [5, 5.41) is 18.0. The summed E-state index contributed by atoms with van der Waals surface area (Å²) in [6, 6.07) is 9.32. The van der Waals surface area contributed by atoms with Crippen molar-refractivity contribution in [2.45, 2.75) is 38.1 Å². The van der Waals surface area contributed by atoms with Gasteiger partial charge in [0.05, 0.1) is 18.3 Å². The summed E-state index contributed by atoms with van der Waals surface area (Å²) >= 11 is 0. The monoisotopic (exact) mass is 488 g/mol. The Bertz CT molecular complexity index is 1400. The van der Waals surface area contributed by atoms with Crippen molar-refractivity contribution in [2.75, 3.05) is 0 Å². The van der Waals surface area contributed by atoms with Crippen molar-refractivity contribution in [1.29, 1.82) is 0 Å². The van der Waals surface area contributed by atoms with E-state index in [1.807, 2.05) is 0 Å². The molecule has 0 radical (unpaired) electrons. The van der Waals surface area contributed by atoms with Crippen LogP contribution in [0.5, 0.6) is 0 Å².